The number of thiazole rings is 1. The fourth-order valence-corrected chi connectivity index (χ4v) is 5.64. The molecule has 5 heteroatoms. The summed E-state index contributed by atoms with van der Waals surface area (Å²) in [6, 6.07) is 9.63. The number of hydrogen-bond donors (Lipinski definition) is 0. The normalized spacial score (nSPS) is 22.3. The summed E-state index contributed by atoms with van der Waals surface area (Å²) >= 11 is 1.87. The van der Waals surface area contributed by atoms with Crippen molar-refractivity contribution in [2.24, 2.45) is 0 Å². The van der Waals surface area contributed by atoms with Gasteiger partial charge in [-0.1, -0.05) is 25.0 Å². The second-order valence-corrected chi connectivity index (χ2v) is 8.44. The van der Waals surface area contributed by atoms with Gasteiger partial charge >= 0.3 is 0 Å². The molecule has 2 aliphatic rings. The molecule has 2 aromatic heterocycles. The van der Waals surface area contributed by atoms with Crippen molar-refractivity contribution in [1.82, 2.24) is 19.4 Å². The number of para-hydroxylation sites is 1. The molecule has 1 aliphatic carbocycles. The van der Waals surface area contributed by atoms with E-state index in [1.807, 2.05) is 17.7 Å². The number of fused-ring (bicyclic) bond motifs is 1. The van der Waals surface area contributed by atoms with E-state index >= 15 is 0 Å². The van der Waals surface area contributed by atoms with Crippen LogP contribution in [0.3, 0.4) is 0 Å². The summed E-state index contributed by atoms with van der Waals surface area (Å²) in [4.78, 5) is 12.0. The number of aromatic nitrogens is 3. The van der Waals surface area contributed by atoms with Crippen molar-refractivity contribution in [3.63, 3.8) is 0 Å². The predicted octanol–water partition coefficient (Wildman–Crippen LogP) is 4.95. The van der Waals surface area contributed by atoms with Crippen molar-refractivity contribution in [2.45, 2.75) is 57.2 Å². The summed E-state index contributed by atoms with van der Waals surface area (Å²) < 4.78 is 3.75. The van der Waals surface area contributed by atoms with Crippen LogP contribution in [0, 0.1) is 0 Å². The summed E-state index contributed by atoms with van der Waals surface area (Å²) in [5.74, 6) is 0. The predicted molar refractivity (Wildman–Crippen MR) is 102 cm³/mol. The second-order valence-electron chi connectivity index (χ2n) is 7.38. The molecule has 1 saturated heterocycles. The number of imidazole rings is 1. The zero-order valence-corrected chi connectivity index (χ0v) is 15.3. The van der Waals surface area contributed by atoms with E-state index < -0.39 is 0 Å². The van der Waals surface area contributed by atoms with Gasteiger partial charge in [-0.2, -0.15) is 0 Å². The van der Waals surface area contributed by atoms with E-state index in [-0.39, 0.29) is 0 Å². The first-order chi connectivity index (χ1) is 12.4. The Hall–Kier alpha value is -1.72. The SMILES string of the molecule is c1ccc2sc(C3CCCN3Cc3cncn3C3CCCC3)nc2c1. The molecule has 3 aromatic rings. The Balaban J connectivity index is 1.39. The Kier molecular flexibility index (Phi) is 4.06. The smallest absolute Gasteiger partial charge is 0.111 e. The Morgan fingerprint density at radius 1 is 1.08 bits per heavy atom. The van der Waals surface area contributed by atoms with Crippen LogP contribution in [0.2, 0.25) is 0 Å². The average molecular weight is 353 g/mol. The van der Waals surface area contributed by atoms with Crippen LogP contribution in [0.1, 0.15) is 61.3 Å². The highest BCUT2D eigenvalue weighted by atomic mass is 32.1. The van der Waals surface area contributed by atoms with Crippen molar-refractivity contribution < 1.29 is 0 Å². The highest BCUT2D eigenvalue weighted by Gasteiger charge is 2.30. The monoisotopic (exact) mass is 352 g/mol. The molecular formula is C20H24N4S. The Bertz CT molecular complexity index is 828. The summed E-state index contributed by atoms with van der Waals surface area (Å²) in [7, 11) is 0. The van der Waals surface area contributed by atoms with Crippen LogP contribution in [0.5, 0.6) is 0 Å². The fourth-order valence-electron chi connectivity index (χ4n) is 4.50. The number of rotatable bonds is 4. The molecule has 1 aromatic carbocycles. The molecular weight excluding hydrogens is 328 g/mol. The number of nitrogens with zero attached hydrogens (tertiary/aromatic N) is 4. The maximum absolute atomic E-state index is 4.93. The first-order valence-electron chi connectivity index (χ1n) is 9.49. The first-order valence-corrected chi connectivity index (χ1v) is 10.3. The lowest BCUT2D eigenvalue weighted by Crippen LogP contribution is -2.24. The van der Waals surface area contributed by atoms with Gasteiger partial charge in [-0.15, -0.1) is 11.3 Å². The largest absolute Gasteiger partial charge is 0.330 e. The van der Waals surface area contributed by atoms with Crippen LogP contribution in [0.4, 0.5) is 0 Å². The molecule has 0 radical (unpaired) electrons. The molecule has 0 N–H and O–H groups in total. The molecule has 0 spiro atoms. The molecule has 130 valence electrons. The summed E-state index contributed by atoms with van der Waals surface area (Å²) in [6.07, 6.45) is 12.0. The molecule has 3 heterocycles. The quantitative estimate of drug-likeness (QED) is 0.666. The lowest BCUT2D eigenvalue weighted by Gasteiger charge is -2.24. The zero-order valence-electron chi connectivity index (χ0n) is 14.5. The van der Waals surface area contributed by atoms with Gasteiger partial charge in [-0.3, -0.25) is 4.90 Å². The highest BCUT2D eigenvalue weighted by Crippen LogP contribution is 2.38. The summed E-state index contributed by atoms with van der Waals surface area (Å²) in [5.41, 5.74) is 2.52. The van der Waals surface area contributed by atoms with Crippen LogP contribution in [0.25, 0.3) is 10.2 Å². The Morgan fingerprint density at radius 2 is 1.96 bits per heavy atom. The molecule has 5 rings (SSSR count). The minimum Gasteiger partial charge on any atom is -0.330 e. The molecule has 2 fully saturated rings. The van der Waals surface area contributed by atoms with E-state index in [0.29, 0.717) is 12.1 Å². The van der Waals surface area contributed by atoms with E-state index in [4.69, 9.17) is 4.98 Å². The van der Waals surface area contributed by atoms with Gasteiger partial charge < -0.3 is 4.57 Å². The van der Waals surface area contributed by atoms with Crippen molar-refractivity contribution in [3.8, 4) is 0 Å². The standard InChI is InChI=1S/C20H24N4S/c1-2-7-15(6-1)24-14-21-12-16(24)13-23-11-5-9-18(23)20-22-17-8-3-4-10-19(17)25-20/h3-4,8,10,12,14-15,18H,1-2,5-7,9,11,13H2. The minimum atomic E-state index is 0.462. The Labute approximate surface area is 152 Å². The van der Waals surface area contributed by atoms with Crippen molar-refractivity contribution in [1.29, 1.82) is 0 Å². The molecule has 1 atom stereocenters. The van der Waals surface area contributed by atoms with Gasteiger partial charge in [-0.05, 0) is 44.4 Å². The van der Waals surface area contributed by atoms with Crippen molar-refractivity contribution in [2.75, 3.05) is 6.54 Å². The lowest BCUT2D eigenvalue weighted by atomic mass is 10.2. The number of hydrogen-bond acceptors (Lipinski definition) is 4. The van der Waals surface area contributed by atoms with E-state index in [1.165, 1.54) is 53.9 Å². The van der Waals surface area contributed by atoms with E-state index in [1.54, 1.807) is 0 Å². The third-order valence-corrected chi connectivity index (χ3v) is 6.93. The number of likely N-dealkylation sites (tertiary alicyclic amines) is 1. The highest BCUT2D eigenvalue weighted by molar-refractivity contribution is 7.18. The van der Waals surface area contributed by atoms with Crippen LogP contribution in [0.15, 0.2) is 36.8 Å². The van der Waals surface area contributed by atoms with Crippen LogP contribution >= 0.6 is 11.3 Å². The molecule has 1 saturated carbocycles. The van der Waals surface area contributed by atoms with E-state index in [9.17, 15) is 0 Å². The van der Waals surface area contributed by atoms with E-state index in [2.05, 4.69) is 44.9 Å². The van der Waals surface area contributed by atoms with Crippen LogP contribution in [-0.2, 0) is 6.54 Å². The zero-order chi connectivity index (χ0) is 16.6. The molecule has 0 amide bonds. The molecule has 1 aliphatic heterocycles. The maximum atomic E-state index is 4.93. The third-order valence-electron chi connectivity index (χ3n) is 5.79. The molecule has 0 bridgehead atoms. The van der Waals surface area contributed by atoms with E-state index in [0.717, 1.165) is 18.6 Å². The van der Waals surface area contributed by atoms with Crippen molar-refractivity contribution in [3.05, 3.63) is 47.5 Å². The third kappa shape index (κ3) is 2.89. The summed E-state index contributed by atoms with van der Waals surface area (Å²) in [5, 5.41) is 1.28. The average Bonchev–Trinajstić information content (AvgIpc) is 3.41. The van der Waals surface area contributed by atoms with Gasteiger partial charge in [0, 0.05) is 18.8 Å². The lowest BCUT2D eigenvalue weighted by molar-refractivity contribution is 0.239. The molecule has 25 heavy (non-hydrogen) atoms. The molecule has 4 nitrogen and oxygen atoms in total. The maximum Gasteiger partial charge on any atom is 0.111 e. The second kappa shape index (κ2) is 6.54. The summed E-state index contributed by atoms with van der Waals surface area (Å²) in [6.45, 7) is 2.16. The van der Waals surface area contributed by atoms with Gasteiger partial charge in [0.05, 0.1) is 28.3 Å². The van der Waals surface area contributed by atoms with Gasteiger partial charge in [0.1, 0.15) is 5.01 Å². The van der Waals surface area contributed by atoms with Crippen LogP contribution in [-0.4, -0.2) is 26.0 Å². The Morgan fingerprint density at radius 3 is 2.84 bits per heavy atom. The van der Waals surface area contributed by atoms with Gasteiger partial charge in [0.25, 0.3) is 0 Å². The van der Waals surface area contributed by atoms with Gasteiger partial charge in [0.15, 0.2) is 0 Å². The van der Waals surface area contributed by atoms with Crippen LogP contribution < -0.4 is 0 Å². The number of benzene rings is 1. The van der Waals surface area contributed by atoms with Gasteiger partial charge in [-0.25, -0.2) is 9.97 Å². The van der Waals surface area contributed by atoms with Gasteiger partial charge in [0.2, 0.25) is 0 Å². The fraction of sp³-hybridized carbons (Fsp3) is 0.500. The first kappa shape index (κ1) is 15.5. The topological polar surface area (TPSA) is 34.0 Å². The minimum absolute atomic E-state index is 0.462. The molecule has 1 unspecified atom stereocenters. The van der Waals surface area contributed by atoms with Crippen molar-refractivity contribution >= 4 is 21.6 Å².